The van der Waals surface area contributed by atoms with E-state index in [4.69, 9.17) is 9.84 Å². The molecule has 0 fully saturated rings. The van der Waals surface area contributed by atoms with E-state index in [1.807, 2.05) is 26.0 Å². The van der Waals surface area contributed by atoms with Gasteiger partial charge in [0.25, 0.3) is 0 Å². The fraction of sp³-hybridized carbons (Fsp3) is 0.348. The van der Waals surface area contributed by atoms with E-state index in [1.54, 1.807) is 18.2 Å². The molecule has 0 unspecified atom stereocenters. The fourth-order valence-electron chi connectivity index (χ4n) is 4.38. The summed E-state index contributed by atoms with van der Waals surface area (Å²) in [6.45, 7) is 3.36. The summed E-state index contributed by atoms with van der Waals surface area (Å²) in [6.07, 6.45) is -5.22. The number of benzene rings is 2. The fourth-order valence-corrected chi connectivity index (χ4v) is 4.38. The molecule has 0 aliphatic heterocycles. The van der Waals surface area contributed by atoms with Crippen LogP contribution in [0.5, 0.6) is 5.75 Å². The Morgan fingerprint density at radius 3 is 2.65 bits per heavy atom. The summed E-state index contributed by atoms with van der Waals surface area (Å²) in [4.78, 5) is 2.99. The zero-order valence-electron chi connectivity index (χ0n) is 17.0. The molecule has 3 aromatic rings. The van der Waals surface area contributed by atoms with E-state index in [-0.39, 0.29) is 12.1 Å². The monoisotopic (exact) mass is 430 g/mol. The maximum absolute atomic E-state index is 13.8. The van der Waals surface area contributed by atoms with Crippen molar-refractivity contribution in [3.63, 3.8) is 0 Å². The number of nitriles is 1. The Balaban J connectivity index is 1.85. The number of aromatic nitrogens is 1. The Kier molecular flexibility index (Phi) is 4.99. The van der Waals surface area contributed by atoms with Crippen LogP contribution in [0.3, 0.4) is 0 Å². The lowest BCUT2D eigenvalue weighted by atomic mass is 9.72. The zero-order chi connectivity index (χ0) is 22.6. The predicted molar refractivity (Wildman–Crippen MR) is 108 cm³/mol. The van der Waals surface area contributed by atoms with Crippen LogP contribution < -0.4 is 4.74 Å². The van der Waals surface area contributed by atoms with Crippen molar-refractivity contribution in [2.24, 2.45) is 0 Å². The Bertz CT molecular complexity index is 1210. The number of alkyl halides is 3. The number of hydrogen-bond donors (Lipinski definition) is 3. The summed E-state index contributed by atoms with van der Waals surface area (Å²) < 4.78 is 46.9. The average Bonchev–Trinajstić information content (AvgIpc) is 3.10. The van der Waals surface area contributed by atoms with Gasteiger partial charge in [-0.1, -0.05) is 26.0 Å². The molecular formula is C23H21F3N2O3. The molecule has 0 spiro atoms. The number of rotatable bonds is 4. The van der Waals surface area contributed by atoms with Crippen LogP contribution in [-0.4, -0.2) is 34.5 Å². The van der Waals surface area contributed by atoms with Gasteiger partial charge >= 0.3 is 6.18 Å². The lowest BCUT2D eigenvalue weighted by Gasteiger charge is -2.33. The van der Waals surface area contributed by atoms with Gasteiger partial charge in [-0.2, -0.15) is 18.4 Å². The van der Waals surface area contributed by atoms with Crippen molar-refractivity contribution in [3.05, 3.63) is 63.8 Å². The van der Waals surface area contributed by atoms with Gasteiger partial charge in [-0.3, -0.25) is 0 Å². The number of ether oxygens (including phenoxy) is 1. The molecule has 8 heteroatoms. The zero-order valence-corrected chi connectivity index (χ0v) is 17.0. The van der Waals surface area contributed by atoms with Crippen molar-refractivity contribution >= 4 is 10.9 Å². The first-order chi connectivity index (χ1) is 14.6. The van der Waals surface area contributed by atoms with Gasteiger partial charge in [0.1, 0.15) is 18.5 Å². The predicted octanol–water partition coefficient (Wildman–Crippen LogP) is 4.02. The molecule has 1 atom stereocenters. The number of aromatic amines is 1. The molecule has 1 heterocycles. The van der Waals surface area contributed by atoms with Crippen LogP contribution in [0.25, 0.3) is 10.9 Å². The molecule has 1 aliphatic carbocycles. The molecular weight excluding hydrogens is 409 g/mol. The molecule has 0 saturated carbocycles. The molecule has 0 radical (unpaired) electrons. The van der Waals surface area contributed by atoms with E-state index < -0.39 is 35.4 Å². The Morgan fingerprint density at radius 2 is 2.00 bits per heavy atom. The van der Waals surface area contributed by atoms with Crippen LogP contribution in [0, 0.1) is 11.3 Å². The minimum atomic E-state index is -4.66. The van der Waals surface area contributed by atoms with Gasteiger partial charge in [0.15, 0.2) is 0 Å². The number of aliphatic hydroxyl groups is 2. The highest BCUT2D eigenvalue weighted by Crippen LogP contribution is 2.47. The molecule has 1 aromatic heterocycles. The van der Waals surface area contributed by atoms with E-state index >= 15 is 0 Å². The van der Waals surface area contributed by atoms with Crippen molar-refractivity contribution in [1.82, 2.24) is 4.98 Å². The summed E-state index contributed by atoms with van der Waals surface area (Å²) >= 11 is 0. The molecule has 0 bridgehead atoms. The van der Waals surface area contributed by atoms with Crippen LogP contribution in [0.1, 0.15) is 47.4 Å². The Hall–Kier alpha value is -3.02. The summed E-state index contributed by atoms with van der Waals surface area (Å²) in [5.74, 6) is 0.502. The van der Waals surface area contributed by atoms with E-state index in [0.29, 0.717) is 23.3 Å². The average molecular weight is 430 g/mol. The summed E-state index contributed by atoms with van der Waals surface area (Å²) in [5.41, 5.74) is 1.25. The summed E-state index contributed by atoms with van der Waals surface area (Å²) in [7, 11) is 0. The SMILES string of the molecule is CC1(C)c2cc(OC[C@H](O)CO)ccc2Cc2c1[nH]c1c(C(F)(F)F)c(C#N)ccc21. The van der Waals surface area contributed by atoms with E-state index in [2.05, 4.69) is 4.98 Å². The van der Waals surface area contributed by atoms with E-state index in [1.165, 1.54) is 6.07 Å². The first-order valence-corrected chi connectivity index (χ1v) is 9.78. The third-order valence-electron chi connectivity index (χ3n) is 5.89. The lowest BCUT2D eigenvalue weighted by Crippen LogP contribution is -2.27. The molecule has 0 saturated heterocycles. The smallest absolute Gasteiger partial charge is 0.419 e. The van der Waals surface area contributed by atoms with Crippen LogP contribution in [0.4, 0.5) is 13.2 Å². The molecule has 5 nitrogen and oxygen atoms in total. The second kappa shape index (κ2) is 7.29. The maximum atomic E-state index is 13.8. The van der Waals surface area contributed by atoms with Crippen LogP contribution in [0.2, 0.25) is 0 Å². The second-order valence-electron chi connectivity index (χ2n) is 8.27. The van der Waals surface area contributed by atoms with Gasteiger partial charge in [-0.15, -0.1) is 0 Å². The molecule has 4 rings (SSSR count). The van der Waals surface area contributed by atoms with Gasteiger partial charge in [0.05, 0.1) is 29.3 Å². The quantitative estimate of drug-likeness (QED) is 0.583. The molecule has 1 aliphatic rings. The number of halogens is 3. The summed E-state index contributed by atoms with van der Waals surface area (Å²) in [6, 6.07) is 9.89. The maximum Gasteiger partial charge on any atom is 0.419 e. The van der Waals surface area contributed by atoms with Crippen molar-refractivity contribution in [2.75, 3.05) is 13.2 Å². The van der Waals surface area contributed by atoms with Gasteiger partial charge < -0.3 is 19.9 Å². The Labute approximate surface area is 176 Å². The number of nitrogens with one attached hydrogen (secondary N) is 1. The largest absolute Gasteiger partial charge is 0.491 e. The van der Waals surface area contributed by atoms with Gasteiger partial charge in [0, 0.05) is 22.9 Å². The van der Waals surface area contributed by atoms with E-state index in [0.717, 1.165) is 16.7 Å². The number of aliphatic hydroxyl groups excluding tert-OH is 2. The standard InChI is InChI=1S/C23H21F3N2O3/c1-22(2)18-8-15(31-11-14(30)10-29)5-3-12(18)7-17-16-6-4-13(9-27)19(23(24,25)26)20(16)28-21(17)22/h3-6,8,14,28-30H,7,10-11H2,1-2H3/t14-/m1/s1. The highest BCUT2D eigenvalue weighted by atomic mass is 19.4. The van der Waals surface area contributed by atoms with Gasteiger partial charge in [-0.25, -0.2) is 0 Å². The first kappa shape index (κ1) is 21.2. The van der Waals surface area contributed by atoms with Crippen LogP contribution in [0.15, 0.2) is 30.3 Å². The number of fused-ring (bicyclic) bond motifs is 4. The van der Waals surface area contributed by atoms with Crippen molar-refractivity contribution < 1.29 is 28.1 Å². The van der Waals surface area contributed by atoms with Gasteiger partial charge in [-0.05, 0) is 34.9 Å². The van der Waals surface area contributed by atoms with Crippen molar-refractivity contribution in [1.29, 1.82) is 5.26 Å². The third kappa shape index (κ3) is 3.44. The topological polar surface area (TPSA) is 89.3 Å². The van der Waals surface area contributed by atoms with Crippen molar-refractivity contribution in [3.8, 4) is 11.8 Å². The number of hydrogen-bond acceptors (Lipinski definition) is 4. The van der Waals surface area contributed by atoms with E-state index in [9.17, 15) is 23.5 Å². The highest BCUT2D eigenvalue weighted by molar-refractivity contribution is 5.91. The Morgan fingerprint density at radius 1 is 1.26 bits per heavy atom. The molecule has 162 valence electrons. The third-order valence-corrected chi connectivity index (χ3v) is 5.89. The minimum Gasteiger partial charge on any atom is -0.491 e. The highest BCUT2D eigenvalue weighted by Gasteiger charge is 2.40. The number of nitrogens with zero attached hydrogens (tertiary/aromatic N) is 1. The van der Waals surface area contributed by atoms with Gasteiger partial charge in [0.2, 0.25) is 0 Å². The molecule has 2 aromatic carbocycles. The number of H-pyrrole nitrogens is 1. The normalized spacial score (nSPS) is 15.8. The molecule has 31 heavy (non-hydrogen) atoms. The second-order valence-corrected chi connectivity index (χ2v) is 8.27. The lowest BCUT2D eigenvalue weighted by molar-refractivity contribution is -0.136. The van der Waals surface area contributed by atoms with Crippen LogP contribution in [-0.2, 0) is 18.0 Å². The summed E-state index contributed by atoms with van der Waals surface area (Å²) in [5, 5.41) is 28.1. The molecule has 0 amide bonds. The minimum absolute atomic E-state index is 0.0695. The van der Waals surface area contributed by atoms with Crippen molar-refractivity contribution in [2.45, 2.75) is 38.0 Å². The molecule has 3 N–H and O–H groups in total. The van der Waals surface area contributed by atoms with Crippen LogP contribution >= 0.6 is 0 Å². The first-order valence-electron chi connectivity index (χ1n) is 9.78.